The summed E-state index contributed by atoms with van der Waals surface area (Å²) in [5.41, 5.74) is 0.899. The highest BCUT2D eigenvalue weighted by atomic mass is 16.5. The van der Waals surface area contributed by atoms with E-state index in [-0.39, 0.29) is 23.0 Å². The molecule has 0 aliphatic carbocycles. The number of carbonyl (C=O) groups is 1. The van der Waals surface area contributed by atoms with Gasteiger partial charge < -0.3 is 15.0 Å². The van der Waals surface area contributed by atoms with E-state index in [1.54, 1.807) is 13.0 Å². The van der Waals surface area contributed by atoms with E-state index < -0.39 is 0 Å². The predicted molar refractivity (Wildman–Crippen MR) is 81.4 cm³/mol. The number of amides is 1. The van der Waals surface area contributed by atoms with Crippen LogP contribution in [0, 0.1) is 18.3 Å². The maximum atomic E-state index is 12.2. The fourth-order valence-electron chi connectivity index (χ4n) is 2.94. The minimum Gasteiger partial charge on any atom is -0.377 e. The fraction of sp³-hybridized carbons (Fsp3) is 0.625. The van der Waals surface area contributed by atoms with Gasteiger partial charge in [0.1, 0.15) is 0 Å². The van der Waals surface area contributed by atoms with E-state index in [1.807, 2.05) is 0 Å². The minimum atomic E-state index is -0.253. The number of aryl methyl sites for hydroxylation is 1. The van der Waals surface area contributed by atoms with Crippen molar-refractivity contribution >= 4 is 5.91 Å². The predicted octanol–water partition coefficient (Wildman–Crippen LogP) is 1.86. The maximum absolute atomic E-state index is 12.2. The van der Waals surface area contributed by atoms with E-state index in [4.69, 9.17) is 4.74 Å². The van der Waals surface area contributed by atoms with Crippen molar-refractivity contribution in [1.82, 2.24) is 10.3 Å². The van der Waals surface area contributed by atoms with Crippen LogP contribution in [0.2, 0.25) is 0 Å². The highest BCUT2D eigenvalue weighted by Gasteiger charge is 2.37. The Morgan fingerprint density at radius 1 is 1.43 bits per heavy atom. The molecule has 1 fully saturated rings. The number of H-pyrrole nitrogens is 1. The van der Waals surface area contributed by atoms with Crippen LogP contribution in [-0.4, -0.2) is 30.1 Å². The van der Waals surface area contributed by atoms with Gasteiger partial charge in [-0.05, 0) is 24.8 Å². The molecule has 116 valence electrons. The molecule has 2 rings (SSSR count). The molecule has 1 amide bonds. The van der Waals surface area contributed by atoms with Gasteiger partial charge in [0.15, 0.2) is 0 Å². The summed E-state index contributed by atoms with van der Waals surface area (Å²) in [4.78, 5) is 26.2. The number of aromatic amines is 1. The summed E-state index contributed by atoms with van der Waals surface area (Å²) in [5, 5.41) is 2.93. The number of hydrogen-bond acceptors (Lipinski definition) is 3. The van der Waals surface area contributed by atoms with Crippen LogP contribution in [0.25, 0.3) is 0 Å². The van der Waals surface area contributed by atoms with Crippen LogP contribution in [-0.2, 0) is 4.74 Å². The first kappa shape index (κ1) is 15.8. The second kappa shape index (κ2) is 6.02. The monoisotopic (exact) mass is 292 g/mol. The SMILES string of the molecule is Cc1cc(C(=O)NC[C@H]2CCO[C@@H]2C(C)(C)C)cc(=O)[nH]1. The molecule has 2 heterocycles. The third-order valence-electron chi connectivity index (χ3n) is 3.83. The first-order valence-corrected chi connectivity index (χ1v) is 7.38. The molecule has 21 heavy (non-hydrogen) atoms. The molecule has 5 nitrogen and oxygen atoms in total. The van der Waals surface area contributed by atoms with Crippen LogP contribution in [0.4, 0.5) is 0 Å². The molecule has 0 spiro atoms. The molecule has 2 atom stereocenters. The second-order valence-electron chi connectivity index (χ2n) is 6.83. The topological polar surface area (TPSA) is 71.2 Å². The lowest BCUT2D eigenvalue weighted by atomic mass is 9.81. The molecule has 0 bridgehead atoms. The molecule has 0 radical (unpaired) electrons. The van der Waals surface area contributed by atoms with Crippen LogP contribution in [0.3, 0.4) is 0 Å². The zero-order valence-electron chi connectivity index (χ0n) is 13.2. The number of nitrogens with one attached hydrogen (secondary N) is 2. The summed E-state index contributed by atoms with van der Waals surface area (Å²) in [6.45, 7) is 9.53. The van der Waals surface area contributed by atoms with E-state index in [9.17, 15) is 9.59 Å². The lowest BCUT2D eigenvalue weighted by Gasteiger charge is -2.31. The highest BCUT2D eigenvalue weighted by molar-refractivity contribution is 5.94. The van der Waals surface area contributed by atoms with Gasteiger partial charge in [0.2, 0.25) is 5.56 Å². The zero-order chi connectivity index (χ0) is 15.6. The van der Waals surface area contributed by atoms with Gasteiger partial charge in [-0.15, -0.1) is 0 Å². The summed E-state index contributed by atoms with van der Waals surface area (Å²) >= 11 is 0. The van der Waals surface area contributed by atoms with Gasteiger partial charge >= 0.3 is 0 Å². The van der Waals surface area contributed by atoms with Gasteiger partial charge in [-0.2, -0.15) is 0 Å². The molecule has 1 aromatic rings. The van der Waals surface area contributed by atoms with Gasteiger partial charge in [0, 0.05) is 36.4 Å². The molecule has 1 aliphatic rings. The Hall–Kier alpha value is -1.62. The van der Waals surface area contributed by atoms with Crippen molar-refractivity contribution in [3.05, 3.63) is 33.7 Å². The number of aromatic nitrogens is 1. The first-order chi connectivity index (χ1) is 9.77. The van der Waals surface area contributed by atoms with Gasteiger partial charge in [-0.3, -0.25) is 9.59 Å². The Morgan fingerprint density at radius 2 is 2.14 bits per heavy atom. The van der Waals surface area contributed by atoms with Crippen molar-refractivity contribution in [2.45, 2.75) is 40.2 Å². The Kier molecular flexibility index (Phi) is 4.52. The van der Waals surface area contributed by atoms with E-state index in [0.29, 0.717) is 23.7 Å². The molecular formula is C16H24N2O3. The Bertz CT molecular complexity index is 572. The molecule has 5 heteroatoms. The van der Waals surface area contributed by atoms with Crippen molar-refractivity contribution in [2.24, 2.45) is 11.3 Å². The second-order valence-corrected chi connectivity index (χ2v) is 6.83. The number of rotatable bonds is 3. The number of ether oxygens (including phenoxy) is 1. The van der Waals surface area contributed by atoms with Gasteiger partial charge in [0.05, 0.1) is 6.10 Å². The summed E-state index contributed by atoms with van der Waals surface area (Å²) in [7, 11) is 0. The average molecular weight is 292 g/mol. The van der Waals surface area contributed by atoms with Crippen molar-refractivity contribution in [3.63, 3.8) is 0 Å². The lowest BCUT2D eigenvalue weighted by Crippen LogP contribution is -2.38. The van der Waals surface area contributed by atoms with Gasteiger partial charge in [-0.1, -0.05) is 20.8 Å². The number of hydrogen-bond donors (Lipinski definition) is 2. The van der Waals surface area contributed by atoms with E-state index >= 15 is 0 Å². The van der Waals surface area contributed by atoms with Crippen LogP contribution in [0.1, 0.15) is 43.2 Å². The van der Waals surface area contributed by atoms with Crippen molar-refractivity contribution < 1.29 is 9.53 Å². The van der Waals surface area contributed by atoms with E-state index in [1.165, 1.54) is 6.07 Å². The number of carbonyl (C=O) groups excluding carboxylic acids is 1. The van der Waals surface area contributed by atoms with E-state index in [2.05, 4.69) is 31.1 Å². The summed E-state index contributed by atoms with van der Waals surface area (Å²) in [6, 6.07) is 3.01. The number of pyridine rings is 1. The van der Waals surface area contributed by atoms with Crippen LogP contribution in [0.5, 0.6) is 0 Å². The van der Waals surface area contributed by atoms with Gasteiger partial charge in [-0.25, -0.2) is 0 Å². The molecular weight excluding hydrogens is 268 g/mol. The molecule has 2 N–H and O–H groups in total. The summed E-state index contributed by atoms with van der Waals surface area (Å²) in [6.07, 6.45) is 1.11. The fourth-order valence-corrected chi connectivity index (χ4v) is 2.94. The van der Waals surface area contributed by atoms with Crippen molar-refractivity contribution in [3.8, 4) is 0 Å². The largest absolute Gasteiger partial charge is 0.377 e. The summed E-state index contributed by atoms with van der Waals surface area (Å²) < 4.78 is 5.80. The van der Waals surface area contributed by atoms with Gasteiger partial charge in [0.25, 0.3) is 5.91 Å². The molecule has 1 aliphatic heterocycles. The molecule has 1 saturated heterocycles. The molecule has 0 aromatic carbocycles. The Balaban J connectivity index is 1.99. The summed E-state index contributed by atoms with van der Waals surface area (Å²) in [5.74, 6) is 0.112. The van der Waals surface area contributed by atoms with Crippen molar-refractivity contribution in [2.75, 3.05) is 13.2 Å². The quantitative estimate of drug-likeness (QED) is 0.893. The van der Waals surface area contributed by atoms with Crippen LogP contribution >= 0.6 is 0 Å². The Morgan fingerprint density at radius 3 is 2.76 bits per heavy atom. The molecule has 0 unspecified atom stereocenters. The van der Waals surface area contributed by atoms with Crippen molar-refractivity contribution in [1.29, 1.82) is 0 Å². The third kappa shape index (κ3) is 3.94. The zero-order valence-corrected chi connectivity index (χ0v) is 13.2. The molecule has 1 aromatic heterocycles. The van der Waals surface area contributed by atoms with Crippen LogP contribution in [0.15, 0.2) is 16.9 Å². The first-order valence-electron chi connectivity index (χ1n) is 7.38. The maximum Gasteiger partial charge on any atom is 0.251 e. The lowest BCUT2D eigenvalue weighted by molar-refractivity contribution is 0.00737. The highest BCUT2D eigenvalue weighted by Crippen LogP contribution is 2.34. The average Bonchev–Trinajstić information content (AvgIpc) is 2.82. The normalized spacial score (nSPS) is 22.3. The van der Waals surface area contributed by atoms with E-state index in [0.717, 1.165) is 13.0 Å². The molecule has 0 saturated carbocycles. The Labute approximate surface area is 125 Å². The third-order valence-corrected chi connectivity index (χ3v) is 3.83. The minimum absolute atomic E-state index is 0.0619. The van der Waals surface area contributed by atoms with Crippen LogP contribution < -0.4 is 10.9 Å². The smallest absolute Gasteiger partial charge is 0.251 e. The standard InChI is InChI=1S/C16H24N2O3/c1-10-7-12(8-13(19)18-10)15(20)17-9-11-5-6-21-14(11)16(2,3)4/h7-8,11,14H,5-6,9H2,1-4H3,(H,17,20)(H,18,19)/t11-,14+/m1/s1.